The van der Waals surface area contributed by atoms with Crippen LogP contribution in [0.15, 0.2) is 29.4 Å². The molecule has 1 aromatic carbocycles. The smallest absolute Gasteiger partial charge is 0.122 e. The average Bonchev–Trinajstić information content (AvgIpc) is 3.08. The molecule has 4 nitrogen and oxygen atoms in total. The van der Waals surface area contributed by atoms with Crippen LogP contribution in [0.3, 0.4) is 0 Å². The van der Waals surface area contributed by atoms with Crippen molar-refractivity contribution >= 4 is 0 Å². The zero-order valence-corrected chi connectivity index (χ0v) is 8.47. The lowest BCUT2D eigenvalue weighted by Crippen LogP contribution is -2.01. The SMILES string of the molecule is [N-]=[N+]=NCc1ccccc1OCC1CC1. The van der Waals surface area contributed by atoms with E-state index in [0.717, 1.165) is 23.8 Å². The zero-order valence-electron chi connectivity index (χ0n) is 8.47. The van der Waals surface area contributed by atoms with Gasteiger partial charge in [0.1, 0.15) is 5.75 Å². The topological polar surface area (TPSA) is 58.0 Å². The van der Waals surface area contributed by atoms with Crippen molar-refractivity contribution in [3.63, 3.8) is 0 Å². The van der Waals surface area contributed by atoms with E-state index in [2.05, 4.69) is 10.0 Å². The Morgan fingerprint density at radius 1 is 1.40 bits per heavy atom. The van der Waals surface area contributed by atoms with Gasteiger partial charge in [-0.25, -0.2) is 0 Å². The van der Waals surface area contributed by atoms with Gasteiger partial charge in [0.05, 0.1) is 13.2 Å². The van der Waals surface area contributed by atoms with Crippen LogP contribution in [0.2, 0.25) is 0 Å². The molecule has 0 N–H and O–H groups in total. The lowest BCUT2D eigenvalue weighted by atomic mass is 10.2. The molecular formula is C11H13N3O. The lowest BCUT2D eigenvalue weighted by molar-refractivity contribution is 0.297. The summed E-state index contributed by atoms with van der Waals surface area (Å²) in [6.45, 7) is 1.14. The van der Waals surface area contributed by atoms with E-state index < -0.39 is 0 Å². The number of benzene rings is 1. The van der Waals surface area contributed by atoms with Gasteiger partial charge in [-0.2, -0.15) is 0 Å². The van der Waals surface area contributed by atoms with Crippen LogP contribution >= 0.6 is 0 Å². The highest BCUT2D eigenvalue weighted by molar-refractivity contribution is 5.33. The Hall–Kier alpha value is -1.67. The summed E-state index contributed by atoms with van der Waals surface area (Å²) < 4.78 is 5.67. The number of para-hydroxylation sites is 1. The van der Waals surface area contributed by atoms with Crippen molar-refractivity contribution in [1.29, 1.82) is 0 Å². The van der Waals surface area contributed by atoms with Gasteiger partial charge in [-0.3, -0.25) is 0 Å². The van der Waals surface area contributed by atoms with Crippen molar-refractivity contribution in [1.82, 2.24) is 0 Å². The van der Waals surface area contributed by atoms with Crippen LogP contribution in [0, 0.1) is 5.92 Å². The fourth-order valence-electron chi connectivity index (χ4n) is 1.38. The first-order valence-electron chi connectivity index (χ1n) is 5.11. The molecule has 0 heterocycles. The summed E-state index contributed by atoms with van der Waals surface area (Å²) in [4.78, 5) is 2.75. The molecule has 1 aliphatic rings. The largest absolute Gasteiger partial charge is 0.493 e. The molecule has 1 fully saturated rings. The first-order valence-corrected chi connectivity index (χ1v) is 5.11. The Bertz CT molecular complexity index is 381. The van der Waals surface area contributed by atoms with Crippen molar-refractivity contribution in [3.8, 4) is 5.75 Å². The second-order valence-electron chi connectivity index (χ2n) is 3.75. The maximum absolute atomic E-state index is 8.26. The van der Waals surface area contributed by atoms with Crippen LogP contribution in [0.25, 0.3) is 10.4 Å². The Morgan fingerprint density at radius 3 is 2.93 bits per heavy atom. The molecule has 0 bridgehead atoms. The maximum Gasteiger partial charge on any atom is 0.122 e. The molecule has 0 spiro atoms. The normalized spacial score (nSPS) is 14.4. The zero-order chi connectivity index (χ0) is 10.5. The van der Waals surface area contributed by atoms with Gasteiger partial charge >= 0.3 is 0 Å². The summed E-state index contributed by atoms with van der Waals surface area (Å²) in [5.41, 5.74) is 9.22. The second-order valence-corrected chi connectivity index (χ2v) is 3.75. The molecule has 15 heavy (non-hydrogen) atoms. The van der Waals surface area contributed by atoms with Crippen LogP contribution in [0.4, 0.5) is 0 Å². The number of rotatable bonds is 5. The number of hydrogen-bond acceptors (Lipinski definition) is 2. The van der Waals surface area contributed by atoms with E-state index in [1.54, 1.807) is 0 Å². The second kappa shape index (κ2) is 4.71. The molecular weight excluding hydrogens is 190 g/mol. The van der Waals surface area contributed by atoms with Crippen LogP contribution in [0.1, 0.15) is 18.4 Å². The molecule has 0 saturated heterocycles. The van der Waals surface area contributed by atoms with E-state index in [9.17, 15) is 0 Å². The van der Waals surface area contributed by atoms with E-state index in [1.807, 2.05) is 24.3 Å². The Kier molecular flexibility index (Phi) is 3.10. The van der Waals surface area contributed by atoms with Crippen LogP contribution in [-0.4, -0.2) is 6.61 Å². The van der Waals surface area contributed by atoms with E-state index >= 15 is 0 Å². The minimum Gasteiger partial charge on any atom is -0.493 e. The van der Waals surface area contributed by atoms with E-state index in [1.165, 1.54) is 12.8 Å². The lowest BCUT2D eigenvalue weighted by Gasteiger charge is -2.08. The molecule has 1 aromatic rings. The first-order chi connectivity index (χ1) is 7.40. The molecule has 1 aliphatic carbocycles. The maximum atomic E-state index is 8.26. The summed E-state index contributed by atoms with van der Waals surface area (Å²) in [6, 6.07) is 7.70. The van der Waals surface area contributed by atoms with E-state index in [0.29, 0.717) is 6.54 Å². The highest BCUT2D eigenvalue weighted by atomic mass is 16.5. The van der Waals surface area contributed by atoms with Crippen molar-refractivity contribution in [2.24, 2.45) is 11.0 Å². The highest BCUT2D eigenvalue weighted by Crippen LogP contribution is 2.30. The van der Waals surface area contributed by atoms with Gasteiger partial charge in [0, 0.05) is 4.91 Å². The molecule has 1 saturated carbocycles. The van der Waals surface area contributed by atoms with Crippen molar-refractivity contribution in [3.05, 3.63) is 40.3 Å². The highest BCUT2D eigenvalue weighted by Gasteiger charge is 2.22. The molecule has 2 rings (SSSR count). The molecule has 0 amide bonds. The van der Waals surface area contributed by atoms with Crippen molar-refractivity contribution in [2.75, 3.05) is 6.61 Å². The summed E-state index contributed by atoms with van der Waals surface area (Å²) >= 11 is 0. The fourth-order valence-corrected chi connectivity index (χ4v) is 1.38. The van der Waals surface area contributed by atoms with Crippen molar-refractivity contribution < 1.29 is 4.74 Å². The quantitative estimate of drug-likeness (QED) is 0.411. The summed E-state index contributed by atoms with van der Waals surface area (Å²) in [5.74, 6) is 1.58. The molecule has 0 aliphatic heterocycles. The van der Waals surface area contributed by atoms with Crippen LogP contribution < -0.4 is 4.74 Å². The van der Waals surface area contributed by atoms with Crippen LogP contribution in [-0.2, 0) is 6.54 Å². The third kappa shape index (κ3) is 2.89. The molecule has 0 atom stereocenters. The van der Waals surface area contributed by atoms with E-state index in [-0.39, 0.29) is 0 Å². The summed E-state index contributed by atoms with van der Waals surface area (Å²) in [5, 5.41) is 3.55. The molecule has 0 radical (unpaired) electrons. The fraction of sp³-hybridized carbons (Fsp3) is 0.455. The summed E-state index contributed by atoms with van der Waals surface area (Å²) in [6.07, 6.45) is 2.55. The number of ether oxygens (including phenoxy) is 1. The van der Waals surface area contributed by atoms with Gasteiger partial charge in [-0.05, 0) is 35.9 Å². The Labute approximate surface area is 88.5 Å². The Morgan fingerprint density at radius 2 is 2.20 bits per heavy atom. The standard InChI is InChI=1S/C11H13N3O/c12-14-13-7-10-3-1-2-4-11(10)15-8-9-5-6-9/h1-4,9H,5-8H2. The summed E-state index contributed by atoms with van der Waals surface area (Å²) in [7, 11) is 0. The van der Waals surface area contributed by atoms with Gasteiger partial charge in [0.25, 0.3) is 0 Å². The monoisotopic (exact) mass is 203 g/mol. The molecule has 78 valence electrons. The number of nitrogens with zero attached hydrogens (tertiary/aromatic N) is 3. The minimum absolute atomic E-state index is 0.358. The van der Waals surface area contributed by atoms with Gasteiger partial charge in [0.15, 0.2) is 0 Å². The van der Waals surface area contributed by atoms with E-state index in [4.69, 9.17) is 10.3 Å². The van der Waals surface area contributed by atoms with Gasteiger partial charge in [0.2, 0.25) is 0 Å². The predicted molar refractivity (Wildman–Crippen MR) is 57.5 cm³/mol. The van der Waals surface area contributed by atoms with Gasteiger partial charge in [-0.15, -0.1) is 0 Å². The third-order valence-electron chi connectivity index (χ3n) is 2.45. The molecule has 4 heteroatoms. The first kappa shape index (κ1) is 9.87. The third-order valence-corrected chi connectivity index (χ3v) is 2.45. The van der Waals surface area contributed by atoms with Gasteiger partial charge in [-0.1, -0.05) is 23.3 Å². The number of hydrogen-bond donors (Lipinski definition) is 0. The van der Waals surface area contributed by atoms with Gasteiger partial charge < -0.3 is 4.74 Å². The number of azide groups is 1. The Balaban J connectivity index is 2.02. The molecule has 0 aromatic heterocycles. The van der Waals surface area contributed by atoms with Crippen LogP contribution in [0.5, 0.6) is 5.75 Å². The minimum atomic E-state index is 0.358. The molecule has 0 unspecified atom stereocenters. The average molecular weight is 203 g/mol. The predicted octanol–water partition coefficient (Wildman–Crippen LogP) is 3.29. The van der Waals surface area contributed by atoms with Crippen molar-refractivity contribution in [2.45, 2.75) is 19.4 Å².